The smallest absolute Gasteiger partial charge is 0 e. The Bertz CT molecular complexity index is 8.00. The summed E-state index contributed by atoms with van der Waals surface area (Å²) in [5.74, 6) is 0. The first-order valence-electron chi connectivity index (χ1n) is 0. The minimum atomic E-state index is 0. The molecule has 0 fully saturated rings. The molecule has 0 rings (SSSR count). The molecule has 0 N–H and O–H groups in total. The van der Waals surface area contributed by atoms with E-state index in [9.17, 15) is 0 Å². The molecular weight excluding hydrogens is 366 g/mol. The Morgan fingerprint density at radius 1 is 1.00 bits per heavy atom. The van der Waals surface area contributed by atoms with Crippen LogP contribution >= 0.6 is 0 Å². The summed E-state index contributed by atoms with van der Waals surface area (Å²) in [5, 5.41) is 0. The van der Waals surface area contributed by atoms with Crippen LogP contribution in [-0.4, -0.2) is 0 Å². The van der Waals surface area contributed by atoms with Crippen LogP contribution in [0.1, 0.15) is 0 Å². The first-order valence-corrected chi connectivity index (χ1v) is 0. The molecule has 0 aromatic heterocycles. The second-order valence-electron chi connectivity index (χ2n) is 0. The summed E-state index contributed by atoms with van der Waals surface area (Å²) < 4.78 is 0. The monoisotopic (exact) mass is 366 g/mol. The zero-order chi connectivity index (χ0) is 0. The van der Waals surface area contributed by atoms with Gasteiger partial charge in [-0.05, 0) is 0 Å². The topological polar surface area (TPSA) is 0 Å². The number of hydrogen-bond donors (Lipinski definition) is 0. The van der Waals surface area contributed by atoms with E-state index >= 15 is 0 Å². The maximum absolute atomic E-state index is 0. The van der Waals surface area contributed by atoms with E-state index in [0.29, 0.717) is 0 Å². The Balaban J connectivity index is 0. The second kappa shape index (κ2) is 18.6. The van der Waals surface area contributed by atoms with Gasteiger partial charge in [0, 0.05) is 73.0 Å². The van der Waals surface area contributed by atoms with Crippen LogP contribution in [0.3, 0.4) is 0 Å². The van der Waals surface area contributed by atoms with Crippen molar-refractivity contribution in [2.75, 3.05) is 0 Å². The molecule has 0 aliphatic heterocycles. The van der Waals surface area contributed by atoms with E-state index in [2.05, 4.69) is 0 Å². The summed E-state index contributed by atoms with van der Waals surface area (Å²) in [6.45, 7) is 0. The molecule has 0 aliphatic carbocycles. The van der Waals surface area contributed by atoms with E-state index in [1.165, 1.54) is 0 Å². The van der Waals surface area contributed by atoms with E-state index in [-0.39, 0.29) is 73.0 Å². The van der Waals surface area contributed by atoms with Gasteiger partial charge in [-0.2, -0.15) is 0 Å². The first-order chi connectivity index (χ1) is 0. The molecule has 2 radical (unpaired) electrons. The van der Waals surface area contributed by atoms with Crippen LogP contribution in [0.15, 0.2) is 0 Å². The molecule has 0 unspecified atom stereocenters. The van der Waals surface area contributed by atoms with Crippen LogP contribution < -0.4 is 0 Å². The molecule has 36 valence electrons. The van der Waals surface area contributed by atoms with Crippen molar-refractivity contribution in [2.24, 2.45) is 0 Å². The van der Waals surface area contributed by atoms with Gasteiger partial charge >= 0.3 is 0 Å². The van der Waals surface area contributed by atoms with Gasteiger partial charge in [0.15, 0.2) is 0 Å². The molecule has 0 atom stereocenters. The summed E-state index contributed by atoms with van der Waals surface area (Å²) in [6.07, 6.45) is 0. The van der Waals surface area contributed by atoms with E-state index in [1.54, 1.807) is 0 Å². The molecule has 4 heavy (non-hydrogen) atoms. The number of hydrogen-bond acceptors (Lipinski definition) is 0. The van der Waals surface area contributed by atoms with Crippen molar-refractivity contribution in [1.82, 2.24) is 0 Å². The molecule has 0 saturated carbocycles. The van der Waals surface area contributed by atoms with Crippen LogP contribution in [0.5, 0.6) is 0 Å². The van der Waals surface area contributed by atoms with E-state index in [0.717, 1.165) is 0 Å². The summed E-state index contributed by atoms with van der Waals surface area (Å²) >= 11 is 0. The third kappa shape index (κ3) is 8.86. The maximum Gasteiger partial charge on any atom is 0 e. The van der Waals surface area contributed by atoms with Crippen LogP contribution in [0.2, 0.25) is 0 Å². The summed E-state index contributed by atoms with van der Waals surface area (Å²) in [4.78, 5) is 0. The quantitative estimate of drug-likeness (QED) is 0.529. The van der Waals surface area contributed by atoms with Gasteiger partial charge in [-0.1, -0.05) is 0 Å². The fourth-order valence-corrected chi connectivity index (χ4v) is 0. The normalized spacial score (nSPS) is 0. The Hall–Kier alpha value is 2.27. The van der Waals surface area contributed by atoms with Crippen molar-refractivity contribution in [3.8, 4) is 0 Å². The number of rotatable bonds is 0. The van der Waals surface area contributed by atoms with Gasteiger partial charge in [-0.25, -0.2) is 0 Å². The third-order valence-electron chi connectivity index (χ3n) is 0. The van der Waals surface area contributed by atoms with Crippen molar-refractivity contribution >= 4 is 0 Å². The molecule has 0 aliphatic rings. The van der Waals surface area contributed by atoms with Gasteiger partial charge in [-0.3, -0.25) is 0 Å². The minimum Gasteiger partial charge on any atom is 0 e. The molecule has 0 amide bonds. The van der Waals surface area contributed by atoms with Crippen LogP contribution in [-0.2, 0) is 73.0 Å². The fraction of sp³-hybridized carbons (Fsp3) is 0. The standard InChI is InChI=1S/Au.Fe.Mn.Ni. The maximum atomic E-state index is 0. The Kier molecular flexibility index (Phi) is 157. The third-order valence-corrected chi connectivity index (χ3v) is 0. The molecule has 0 heterocycles. The Morgan fingerprint density at radius 3 is 1.00 bits per heavy atom. The van der Waals surface area contributed by atoms with Crippen molar-refractivity contribution in [2.45, 2.75) is 0 Å². The van der Waals surface area contributed by atoms with Crippen LogP contribution in [0.25, 0.3) is 0 Å². The van der Waals surface area contributed by atoms with E-state index < -0.39 is 0 Å². The summed E-state index contributed by atoms with van der Waals surface area (Å²) in [7, 11) is 0. The predicted molar refractivity (Wildman–Crippen MR) is 0 cm³/mol. The molecule has 0 nitrogen and oxygen atoms in total. The molecular formula is AuFeMnNi. The van der Waals surface area contributed by atoms with Crippen LogP contribution in [0.4, 0.5) is 0 Å². The zero-order valence-electron chi connectivity index (χ0n) is 1.35. The van der Waals surface area contributed by atoms with Crippen molar-refractivity contribution in [1.29, 1.82) is 0 Å². The molecule has 0 bridgehead atoms. The molecule has 0 aromatic carbocycles. The van der Waals surface area contributed by atoms with Gasteiger partial charge in [0.1, 0.15) is 0 Å². The average molecular weight is 366 g/mol. The molecule has 4 heteroatoms. The van der Waals surface area contributed by atoms with Gasteiger partial charge < -0.3 is 0 Å². The molecule has 0 aromatic rings. The summed E-state index contributed by atoms with van der Waals surface area (Å²) in [6, 6.07) is 0. The van der Waals surface area contributed by atoms with Crippen molar-refractivity contribution < 1.29 is 73.0 Å². The van der Waals surface area contributed by atoms with Crippen LogP contribution in [0, 0.1) is 0 Å². The molecule has 0 saturated heterocycles. The molecule has 0 spiro atoms. The van der Waals surface area contributed by atoms with Crippen molar-refractivity contribution in [3.05, 3.63) is 0 Å². The fourth-order valence-electron chi connectivity index (χ4n) is 0. The second-order valence-corrected chi connectivity index (χ2v) is 0. The SMILES string of the molecule is [Au].[Fe].[Mn].[Ni]. The van der Waals surface area contributed by atoms with Gasteiger partial charge in [0.25, 0.3) is 0 Å². The Morgan fingerprint density at radius 2 is 1.00 bits per heavy atom. The zero-order valence-corrected chi connectivity index (χ0v) is 6.79. The summed E-state index contributed by atoms with van der Waals surface area (Å²) in [5.41, 5.74) is 0. The minimum absolute atomic E-state index is 0. The Labute approximate surface area is 72.2 Å². The predicted octanol–water partition coefficient (Wildman–Crippen LogP) is -0.0100. The van der Waals surface area contributed by atoms with Gasteiger partial charge in [0.2, 0.25) is 0 Å². The first kappa shape index (κ1) is 33.8. The van der Waals surface area contributed by atoms with Gasteiger partial charge in [0.05, 0.1) is 0 Å². The largest absolute Gasteiger partial charge is 0 e. The van der Waals surface area contributed by atoms with Crippen molar-refractivity contribution in [3.63, 3.8) is 0 Å². The van der Waals surface area contributed by atoms with E-state index in [4.69, 9.17) is 0 Å². The van der Waals surface area contributed by atoms with E-state index in [1.807, 2.05) is 0 Å². The van der Waals surface area contributed by atoms with Gasteiger partial charge in [-0.15, -0.1) is 0 Å². The average Bonchev–Trinajstić information content (AvgIpc) is 0.